The molecule has 1 N–H and O–H groups in total. The van der Waals surface area contributed by atoms with Crippen LogP contribution in [-0.4, -0.2) is 49.4 Å². The first-order valence-electron chi connectivity index (χ1n) is 10.4. The van der Waals surface area contributed by atoms with Crippen LogP contribution in [0, 0.1) is 5.82 Å². The average Bonchev–Trinajstić information content (AvgIpc) is 3.32. The molecule has 4 rings (SSSR count). The van der Waals surface area contributed by atoms with E-state index in [1.165, 1.54) is 30.3 Å². The lowest BCUT2D eigenvalue weighted by atomic mass is 10.2. The molecule has 0 saturated carbocycles. The molecule has 2 amide bonds. The maximum absolute atomic E-state index is 12.9. The Labute approximate surface area is 185 Å². The highest BCUT2D eigenvalue weighted by Crippen LogP contribution is 2.16. The van der Waals surface area contributed by atoms with Crippen molar-refractivity contribution in [1.29, 1.82) is 0 Å². The van der Waals surface area contributed by atoms with Crippen molar-refractivity contribution >= 4 is 17.5 Å². The van der Waals surface area contributed by atoms with Gasteiger partial charge in [0.25, 0.3) is 5.91 Å². The highest BCUT2D eigenvalue weighted by Gasteiger charge is 2.22. The number of piperazine rings is 1. The first-order chi connectivity index (χ1) is 15.6. The second kappa shape index (κ2) is 10.00. The minimum Gasteiger partial charge on any atom is -0.486 e. The predicted molar refractivity (Wildman–Crippen MR) is 117 cm³/mol. The van der Waals surface area contributed by atoms with Gasteiger partial charge in [0, 0.05) is 31.9 Å². The van der Waals surface area contributed by atoms with E-state index in [1.807, 2.05) is 18.2 Å². The van der Waals surface area contributed by atoms with E-state index in [4.69, 9.17) is 9.15 Å². The van der Waals surface area contributed by atoms with Crippen LogP contribution >= 0.6 is 0 Å². The molecule has 1 aliphatic rings. The Hall–Kier alpha value is -3.81. The molecule has 0 unspecified atom stereocenters. The fraction of sp³-hybridized carbons (Fsp3) is 0.250. The maximum atomic E-state index is 12.9. The van der Waals surface area contributed by atoms with Crippen LogP contribution in [0.4, 0.5) is 10.1 Å². The van der Waals surface area contributed by atoms with Crippen LogP contribution in [0.2, 0.25) is 0 Å². The first kappa shape index (κ1) is 21.4. The van der Waals surface area contributed by atoms with E-state index < -0.39 is 5.91 Å². The van der Waals surface area contributed by atoms with Gasteiger partial charge >= 0.3 is 0 Å². The van der Waals surface area contributed by atoms with Crippen LogP contribution in [0.5, 0.6) is 5.75 Å². The Balaban J connectivity index is 1.21. The summed E-state index contributed by atoms with van der Waals surface area (Å²) >= 11 is 0. The van der Waals surface area contributed by atoms with Gasteiger partial charge < -0.3 is 24.3 Å². The Kier molecular flexibility index (Phi) is 6.69. The molecule has 8 heteroatoms. The molecule has 0 radical (unpaired) electrons. The van der Waals surface area contributed by atoms with Gasteiger partial charge in [0.1, 0.15) is 23.9 Å². The maximum Gasteiger partial charge on any atom is 0.287 e. The van der Waals surface area contributed by atoms with Crippen molar-refractivity contribution in [2.45, 2.75) is 6.61 Å². The number of hydrogen-bond donors (Lipinski definition) is 1. The van der Waals surface area contributed by atoms with Gasteiger partial charge in [-0.25, -0.2) is 4.39 Å². The van der Waals surface area contributed by atoms with Crippen molar-refractivity contribution < 1.29 is 23.1 Å². The fourth-order valence-electron chi connectivity index (χ4n) is 3.47. The summed E-state index contributed by atoms with van der Waals surface area (Å²) in [6.07, 6.45) is 0. The molecule has 1 saturated heterocycles. The third-order valence-corrected chi connectivity index (χ3v) is 5.23. The van der Waals surface area contributed by atoms with E-state index in [0.29, 0.717) is 24.6 Å². The van der Waals surface area contributed by atoms with Gasteiger partial charge in [0.2, 0.25) is 5.91 Å². The molecule has 0 atom stereocenters. The van der Waals surface area contributed by atoms with Gasteiger partial charge in [-0.2, -0.15) is 0 Å². The molecule has 1 fully saturated rings. The Morgan fingerprint density at radius 2 is 1.66 bits per heavy atom. The summed E-state index contributed by atoms with van der Waals surface area (Å²) in [4.78, 5) is 28.8. The number of nitrogens with one attached hydrogen (secondary N) is 1. The van der Waals surface area contributed by atoms with Gasteiger partial charge in [-0.15, -0.1) is 0 Å². The largest absolute Gasteiger partial charge is 0.486 e. The number of halogens is 1. The molecular formula is C24H24FN3O4. The molecule has 3 aromatic rings. The number of amides is 2. The number of ether oxygens (including phenoxy) is 1. The van der Waals surface area contributed by atoms with E-state index >= 15 is 0 Å². The summed E-state index contributed by atoms with van der Waals surface area (Å²) in [7, 11) is 0. The summed E-state index contributed by atoms with van der Waals surface area (Å²) in [6, 6.07) is 18.9. The van der Waals surface area contributed by atoms with Crippen LogP contribution in [0.1, 0.15) is 16.3 Å². The van der Waals surface area contributed by atoms with Crippen LogP contribution in [0.3, 0.4) is 0 Å². The number of carbonyl (C=O) groups is 2. The lowest BCUT2D eigenvalue weighted by molar-refractivity contribution is -0.130. The van der Waals surface area contributed by atoms with E-state index in [0.717, 1.165) is 18.8 Å². The minimum atomic E-state index is -0.464. The van der Waals surface area contributed by atoms with E-state index in [9.17, 15) is 14.0 Å². The molecule has 1 aromatic heterocycles. The second-order valence-corrected chi connectivity index (χ2v) is 7.39. The summed E-state index contributed by atoms with van der Waals surface area (Å²) in [6.45, 7) is 2.72. The number of para-hydroxylation sites is 1. The second-order valence-electron chi connectivity index (χ2n) is 7.39. The van der Waals surface area contributed by atoms with Crippen molar-refractivity contribution in [2.24, 2.45) is 0 Å². The zero-order chi connectivity index (χ0) is 22.3. The molecular weight excluding hydrogens is 413 g/mol. The Bertz CT molecular complexity index is 1040. The molecule has 2 aromatic carbocycles. The van der Waals surface area contributed by atoms with Crippen molar-refractivity contribution in [1.82, 2.24) is 10.2 Å². The third kappa shape index (κ3) is 5.46. The number of anilines is 1. The van der Waals surface area contributed by atoms with Crippen molar-refractivity contribution in [3.05, 3.63) is 84.1 Å². The topological polar surface area (TPSA) is 75.0 Å². The monoisotopic (exact) mass is 437 g/mol. The van der Waals surface area contributed by atoms with E-state index in [2.05, 4.69) is 22.3 Å². The lowest BCUT2D eigenvalue weighted by Crippen LogP contribution is -2.51. The van der Waals surface area contributed by atoms with Crippen molar-refractivity contribution in [3.8, 4) is 5.75 Å². The normalized spacial score (nSPS) is 13.7. The van der Waals surface area contributed by atoms with E-state index in [-0.39, 0.29) is 30.6 Å². The number of nitrogens with zero attached hydrogens (tertiary/aromatic N) is 2. The molecule has 1 aliphatic heterocycles. The zero-order valence-corrected chi connectivity index (χ0v) is 17.5. The SMILES string of the molecule is O=C(NCC(=O)N1CCN(c2ccccc2)CC1)c1ccc(COc2ccc(F)cc2)o1. The number of furan rings is 1. The molecule has 0 spiro atoms. The van der Waals surface area contributed by atoms with Gasteiger partial charge in [-0.05, 0) is 48.5 Å². The fourth-order valence-corrected chi connectivity index (χ4v) is 3.47. The first-order valence-corrected chi connectivity index (χ1v) is 10.4. The number of benzene rings is 2. The van der Waals surface area contributed by atoms with Gasteiger partial charge in [-0.3, -0.25) is 9.59 Å². The van der Waals surface area contributed by atoms with Gasteiger partial charge in [0.15, 0.2) is 5.76 Å². The van der Waals surface area contributed by atoms with Crippen molar-refractivity contribution in [3.63, 3.8) is 0 Å². The van der Waals surface area contributed by atoms with Crippen LogP contribution in [-0.2, 0) is 11.4 Å². The van der Waals surface area contributed by atoms with Gasteiger partial charge in [-0.1, -0.05) is 18.2 Å². The Morgan fingerprint density at radius 3 is 2.38 bits per heavy atom. The number of hydrogen-bond acceptors (Lipinski definition) is 5. The quantitative estimate of drug-likeness (QED) is 0.615. The number of carbonyl (C=O) groups excluding carboxylic acids is 2. The van der Waals surface area contributed by atoms with E-state index in [1.54, 1.807) is 11.0 Å². The average molecular weight is 437 g/mol. The molecule has 166 valence electrons. The number of rotatable bonds is 7. The highest BCUT2D eigenvalue weighted by atomic mass is 19.1. The molecule has 0 bridgehead atoms. The van der Waals surface area contributed by atoms with Crippen LogP contribution < -0.4 is 15.0 Å². The smallest absolute Gasteiger partial charge is 0.287 e. The molecule has 2 heterocycles. The zero-order valence-electron chi connectivity index (χ0n) is 17.5. The predicted octanol–water partition coefficient (Wildman–Crippen LogP) is 3.08. The standard InChI is InChI=1S/C24H24FN3O4/c25-18-6-8-20(9-7-18)31-17-21-10-11-22(32-21)24(30)26-16-23(29)28-14-12-27(13-15-28)19-4-2-1-3-5-19/h1-11H,12-17H2,(H,26,30). The highest BCUT2D eigenvalue weighted by molar-refractivity contribution is 5.94. The summed E-state index contributed by atoms with van der Waals surface area (Å²) < 4.78 is 23.9. The van der Waals surface area contributed by atoms with Crippen molar-refractivity contribution in [2.75, 3.05) is 37.6 Å². The third-order valence-electron chi connectivity index (χ3n) is 5.23. The summed E-state index contributed by atoms with van der Waals surface area (Å²) in [5.41, 5.74) is 1.14. The van der Waals surface area contributed by atoms with Crippen LogP contribution in [0.15, 0.2) is 71.1 Å². The molecule has 7 nitrogen and oxygen atoms in total. The van der Waals surface area contributed by atoms with Crippen LogP contribution in [0.25, 0.3) is 0 Å². The molecule has 32 heavy (non-hydrogen) atoms. The lowest BCUT2D eigenvalue weighted by Gasteiger charge is -2.36. The molecule has 0 aliphatic carbocycles. The Morgan fingerprint density at radius 1 is 0.938 bits per heavy atom. The summed E-state index contributed by atoms with van der Waals surface area (Å²) in [5.74, 6) is 0.104. The van der Waals surface area contributed by atoms with Gasteiger partial charge in [0.05, 0.1) is 6.54 Å². The summed E-state index contributed by atoms with van der Waals surface area (Å²) in [5, 5.41) is 2.61. The minimum absolute atomic E-state index is 0.0910.